The van der Waals surface area contributed by atoms with Crippen LogP contribution < -0.4 is 5.73 Å². The Labute approximate surface area is 107 Å². The molecule has 2 N–H and O–H groups in total. The summed E-state index contributed by atoms with van der Waals surface area (Å²) in [6.45, 7) is 7.85. The molecule has 0 saturated carbocycles. The Balaban J connectivity index is 2.45. The lowest BCUT2D eigenvalue weighted by Crippen LogP contribution is -2.56. The van der Waals surface area contributed by atoms with E-state index in [1.807, 2.05) is 0 Å². The van der Waals surface area contributed by atoms with Crippen molar-refractivity contribution in [3.05, 3.63) is 0 Å². The van der Waals surface area contributed by atoms with E-state index < -0.39 is 0 Å². The molecule has 1 atom stereocenters. The average Bonchev–Trinajstić information content (AvgIpc) is 2.58. The van der Waals surface area contributed by atoms with E-state index in [1.165, 1.54) is 38.8 Å². The number of nitrogens with two attached hydrogens (primary N) is 1. The van der Waals surface area contributed by atoms with Gasteiger partial charge in [-0.05, 0) is 52.6 Å². The summed E-state index contributed by atoms with van der Waals surface area (Å²) in [5, 5.41) is 0. The molecule has 1 rings (SSSR count). The molecule has 17 heavy (non-hydrogen) atoms. The highest BCUT2D eigenvalue weighted by Gasteiger charge is 2.32. The third kappa shape index (κ3) is 4.57. The van der Waals surface area contributed by atoms with Crippen LogP contribution in [0.5, 0.6) is 0 Å². The lowest BCUT2D eigenvalue weighted by Gasteiger charge is -2.42. The third-order valence-corrected chi connectivity index (χ3v) is 4.19. The van der Waals surface area contributed by atoms with Gasteiger partial charge < -0.3 is 10.5 Å². The SMILES string of the molecule is COCCCC(N)C(C)(C)N1CCCCCC1. The summed E-state index contributed by atoms with van der Waals surface area (Å²) < 4.78 is 5.10. The molecule has 1 fully saturated rings. The zero-order valence-electron chi connectivity index (χ0n) is 11.9. The van der Waals surface area contributed by atoms with Crippen LogP contribution in [-0.4, -0.2) is 43.3 Å². The monoisotopic (exact) mass is 242 g/mol. The van der Waals surface area contributed by atoms with Crippen molar-refractivity contribution in [1.29, 1.82) is 0 Å². The van der Waals surface area contributed by atoms with Crippen LogP contribution in [0.15, 0.2) is 0 Å². The molecule has 0 spiro atoms. The van der Waals surface area contributed by atoms with Crippen molar-refractivity contribution < 1.29 is 4.74 Å². The zero-order chi connectivity index (χ0) is 12.7. The van der Waals surface area contributed by atoms with E-state index in [0.717, 1.165) is 19.4 Å². The second-order valence-electron chi connectivity index (χ2n) is 5.80. The Bertz CT molecular complexity index is 198. The van der Waals surface area contributed by atoms with Gasteiger partial charge in [0.1, 0.15) is 0 Å². The first-order valence-corrected chi connectivity index (χ1v) is 7.08. The number of nitrogens with zero attached hydrogens (tertiary/aromatic N) is 1. The van der Waals surface area contributed by atoms with Crippen LogP contribution >= 0.6 is 0 Å². The van der Waals surface area contributed by atoms with Crippen molar-refractivity contribution in [3.8, 4) is 0 Å². The van der Waals surface area contributed by atoms with Crippen molar-refractivity contribution in [1.82, 2.24) is 4.90 Å². The second-order valence-corrected chi connectivity index (χ2v) is 5.80. The Kier molecular flexibility index (Phi) is 6.45. The van der Waals surface area contributed by atoms with Crippen molar-refractivity contribution in [3.63, 3.8) is 0 Å². The van der Waals surface area contributed by atoms with Crippen molar-refractivity contribution in [2.24, 2.45) is 5.73 Å². The summed E-state index contributed by atoms with van der Waals surface area (Å²) >= 11 is 0. The van der Waals surface area contributed by atoms with Gasteiger partial charge >= 0.3 is 0 Å². The van der Waals surface area contributed by atoms with Crippen LogP contribution in [0.25, 0.3) is 0 Å². The summed E-state index contributed by atoms with van der Waals surface area (Å²) in [5.74, 6) is 0. The lowest BCUT2D eigenvalue weighted by atomic mass is 9.89. The first-order chi connectivity index (χ1) is 8.09. The predicted molar refractivity (Wildman–Crippen MR) is 73.2 cm³/mol. The molecule has 0 aromatic heterocycles. The molecule has 0 bridgehead atoms. The largest absolute Gasteiger partial charge is 0.385 e. The molecule has 1 aliphatic heterocycles. The normalized spacial score (nSPS) is 21.2. The first-order valence-electron chi connectivity index (χ1n) is 7.08. The second kappa shape index (κ2) is 7.34. The summed E-state index contributed by atoms with van der Waals surface area (Å²) in [7, 11) is 1.76. The van der Waals surface area contributed by atoms with Crippen molar-refractivity contribution in [2.75, 3.05) is 26.8 Å². The van der Waals surface area contributed by atoms with E-state index in [9.17, 15) is 0 Å². The Morgan fingerprint density at radius 2 is 1.76 bits per heavy atom. The molecule has 0 aliphatic carbocycles. The van der Waals surface area contributed by atoms with E-state index >= 15 is 0 Å². The number of hydrogen-bond donors (Lipinski definition) is 1. The molecule has 3 nitrogen and oxygen atoms in total. The smallest absolute Gasteiger partial charge is 0.0462 e. The van der Waals surface area contributed by atoms with Gasteiger partial charge in [-0.1, -0.05) is 12.8 Å². The highest BCUT2D eigenvalue weighted by atomic mass is 16.5. The first kappa shape index (κ1) is 14.9. The molecule has 0 amide bonds. The topological polar surface area (TPSA) is 38.5 Å². The average molecular weight is 242 g/mol. The van der Waals surface area contributed by atoms with Gasteiger partial charge in [0.25, 0.3) is 0 Å². The highest BCUT2D eigenvalue weighted by Crippen LogP contribution is 2.24. The quantitative estimate of drug-likeness (QED) is 0.727. The number of methoxy groups -OCH3 is 1. The van der Waals surface area contributed by atoms with Crippen LogP contribution in [0.4, 0.5) is 0 Å². The maximum absolute atomic E-state index is 6.38. The van der Waals surface area contributed by atoms with Gasteiger partial charge in [-0.3, -0.25) is 4.90 Å². The van der Waals surface area contributed by atoms with E-state index in [0.29, 0.717) is 0 Å². The minimum atomic E-state index is 0.123. The number of likely N-dealkylation sites (tertiary alicyclic amines) is 1. The maximum atomic E-state index is 6.38. The Morgan fingerprint density at radius 3 is 2.29 bits per heavy atom. The van der Waals surface area contributed by atoms with Crippen LogP contribution in [0.1, 0.15) is 52.4 Å². The summed E-state index contributed by atoms with van der Waals surface area (Å²) in [6, 6.07) is 0.246. The molecule has 1 heterocycles. The molecule has 1 unspecified atom stereocenters. The molecule has 0 aromatic carbocycles. The van der Waals surface area contributed by atoms with Crippen LogP contribution in [0.2, 0.25) is 0 Å². The molecule has 102 valence electrons. The van der Waals surface area contributed by atoms with E-state index in [-0.39, 0.29) is 11.6 Å². The van der Waals surface area contributed by atoms with Gasteiger partial charge in [-0.25, -0.2) is 0 Å². The van der Waals surface area contributed by atoms with E-state index in [4.69, 9.17) is 10.5 Å². The minimum Gasteiger partial charge on any atom is -0.385 e. The van der Waals surface area contributed by atoms with E-state index in [2.05, 4.69) is 18.7 Å². The number of hydrogen-bond acceptors (Lipinski definition) is 3. The third-order valence-electron chi connectivity index (χ3n) is 4.19. The summed E-state index contributed by atoms with van der Waals surface area (Å²) in [6.07, 6.45) is 7.53. The summed E-state index contributed by atoms with van der Waals surface area (Å²) in [5.41, 5.74) is 6.50. The van der Waals surface area contributed by atoms with Crippen LogP contribution in [0.3, 0.4) is 0 Å². The molecule has 1 aliphatic rings. The molecule has 1 saturated heterocycles. The minimum absolute atomic E-state index is 0.123. The number of rotatable bonds is 6. The van der Waals surface area contributed by atoms with Crippen molar-refractivity contribution >= 4 is 0 Å². The number of ether oxygens (including phenoxy) is 1. The lowest BCUT2D eigenvalue weighted by molar-refractivity contribution is 0.0895. The van der Waals surface area contributed by atoms with Gasteiger partial charge in [0.15, 0.2) is 0 Å². The molecular formula is C14H30N2O. The molecular weight excluding hydrogens is 212 g/mol. The Morgan fingerprint density at radius 1 is 1.18 bits per heavy atom. The molecule has 0 aromatic rings. The van der Waals surface area contributed by atoms with Gasteiger partial charge in [0.05, 0.1) is 0 Å². The van der Waals surface area contributed by atoms with E-state index in [1.54, 1.807) is 7.11 Å². The van der Waals surface area contributed by atoms with Gasteiger partial charge in [0.2, 0.25) is 0 Å². The van der Waals surface area contributed by atoms with Crippen LogP contribution in [-0.2, 0) is 4.74 Å². The molecule has 3 heteroatoms. The highest BCUT2D eigenvalue weighted by molar-refractivity contribution is 4.92. The van der Waals surface area contributed by atoms with Crippen LogP contribution in [0, 0.1) is 0 Å². The fourth-order valence-corrected chi connectivity index (χ4v) is 2.68. The fraction of sp³-hybridized carbons (Fsp3) is 1.00. The van der Waals surface area contributed by atoms with Gasteiger partial charge in [-0.15, -0.1) is 0 Å². The zero-order valence-corrected chi connectivity index (χ0v) is 11.9. The predicted octanol–water partition coefficient (Wildman–Crippen LogP) is 2.39. The Hall–Kier alpha value is -0.120. The van der Waals surface area contributed by atoms with Gasteiger partial charge in [0, 0.05) is 25.3 Å². The molecule has 0 radical (unpaired) electrons. The fourth-order valence-electron chi connectivity index (χ4n) is 2.68. The van der Waals surface area contributed by atoms with Gasteiger partial charge in [-0.2, -0.15) is 0 Å². The standard InChI is InChI=1S/C14H30N2O/c1-14(2,13(15)9-8-12-17-3)16-10-6-4-5-7-11-16/h13H,4-12,15H2,1-3H3. The summed E-state index contributed by atoms with van der Waals surface area (Å²) in [4.78, 5) is 2.59. The van der Waals surface area contributed by atoms with Crippen molar-refractivity contribution in [2.45, 2.75) is 64.0 Å². The maximum Gasteiger partial charge on any atom is 0.0462 e.